The maximum absolute atomic E-state index is 8.91. The van der Waals surface area contributed by atoms with Gasteiger partial charge in [0.1, 0.15) is 0 Å². The van der Waals surface area contributed by atoms with Crippen LogP contribution in [-0.2, 0) is 0 Å². The average Bonchev–Trinajstić information content (AvgIpc) is 1.90. The normalized spacial score (nSPS) is 13.1. The minimum Gasteiger partial charge on any atom is -0.387 e. The van der Waals surface area contributed by atoms with Crippen LogP contribution in [0.3, 0.4) is 0 Å². The van der Waals surface area contributed by atoms with Gasteiger partial charge < -0.3 is 5.11 Å². The van der Waals surface area contributed by atoms with Crippen molar-refractivity contribution >= 4 is 0 Å². The molecule has 1 N–H and O–H groups in total. The van der Waals surface area contributed by atoms with Crippen LogP contribution in [0.4, 0.5) is 0 Å². The molecule has 1 unspecified atom stereocenters. The molecule has 0 aliphatic rings. The van der Waals surface area contributed by atoms with E-state index in [0.29, 0.717) is 5.69 Å². The zero-order chi connectivity index (χ0) is 6.69. The van der Waals surface area contributed by atoms with Crippen molar-refractivity contribution in [3.05, 3.63) is 24.3 Å². The zero-order valence-electron chi connectivity index (χ0n) is 5.07. The number of nitrogens with zero attached hydrogens (tertiary/aromatic N) is 2. The number of aromatic nitrogens is 2. The summed E-state index contributed by atoms with van der Waals surface area (Å²) >= 11 is 0. The summed E-state index contributed by atoms with van der Waals surface area (Å²) in [4.78, 5) is 7.27. The maximum Gasteiger partial charge on any atom is 0.198 e. The van der Waals surface area contributed by atoms with Crippen molar-refractivity contribution < 1.29 is 5.11 Å². The van der Waals surface area contributed by atoms with Crippen LogP contribution in [-0.4, -0.2) is 15.1 Å². The Kier molecular flexibility index (Phi) is 1.75. The third-order valence-corrected chi connectivity index (χ3v) is 0.985. The molecule has 3 heteroatoms. The van der Waals surface area contributed by atoms with E-state index >= 15 is 0 Å². The molecule has 1 radical (unpaired) electrons. The van der Waals surface area contributed by atoms with Gasteiger partial charge in [-0.25, -0.2) is 9.97 Å². The molecule has 0 aliphatic carbocycles. The van der Waals surface area contributed by atoms with Gasteiger partial charge in [-0.1, -0.05) is 0 Å². The zero-order valence-corrected chi connectivity index (χ0v) is 5.07. The van der Waals surface area contributed by atoms with Crippen LogP contribution in [0, 0.1) is 6.33 Å². The first-order valence-corrected chi connectivity index (χ1v) is 2.68. The summed E-state index contributed by atoms with van der Waals surface area (Å²) in [6.07, 6.45) is 3.41. The number of hydrogen-bond acceptors (Lipinski definition) is 3. The fourth-order valence-electron chi connectivity index (χ4n) is 0.504. The third kappa shape index (κ3) is 1.47. The Morgan fingerprint density at radius 1 is 1.78 bits per heavy atom. The van der Waals surface area contributed by atoms with E-state index in [1.807, 2.05) is 0 Å². The molecule has 0 saturated carbocycles. The molecular weight excluding hydrogens is 116 g/mol. The molecule has 9 heavy (non-hydrogen) atoms. The summed E-state index contributed by atoms with van der Waals surface area (Å²) < 4.78 is 0. The Labute approximate surface area is 53.4 Å². The lowest BCUT2D eigenvalue weighted by Crippen LogP contribution is -1.94. The largest absolute Gasteiger partial charge is 0.387 e. The van der Waals surface area contributed by atoms with Gasteiger partial charge in [-0.3, -0.25) is 0 Å². The standard InChI is InChI=1S/C6H7N2O/c1-5(9)6-2-3-7-4-8-6/h2-3,5,9H,1H3. The van der Waals surface area contributed by atoms with Gasteiger partial charge in [0, 0.05) is 6.20 Å². The Bertz CT molecular complexity index is 174. The number of hydrogen-bond donors (Lipinski definition) is 1. The maximum atomic E-state index is 8.91. The van der Waals surface area contributed by atoms with Crippen LogP contribution in [0.1, 0.15) is 18.7 Å². The molecule has 1 aromatic heterocycles. The number of aliphatic hydroxyl groups is 1. The summed E-state index contributed by atoms with van der Waals surface area (Å²) in [6.45, 7) is 1.65. The smallest absolute Gasteiger partial charge is 0.198 e. The molecule has 0 aliphatic heterocycles. The summed E-state index contributed by atoms with van der Waals surface area (Å²) in [5, 5.41) is 8.91. The highest BCUT2D eigenvalue weighted by atomic mass is 16.3. The first-order chi connectivity index (χ1) is 4.30. The second-order valence-corrected chi connectivity index (χ2v) is 1.76. The van der Waals surface area contributed by atoms with Crippen molar-refractivity contribution in [2.45, 2.75) is 13.0 Å². The van der Waals surface area contributed by atoms with Crippen molar-refractivity contribution in [1.82, 2.24) is 9.97 Å². The fourth-order valence-corrected chi connectivity index (χ4v) is 0.504. The van der Waals surface area contributed by atoms with Gasteiger partial charge in [-0.15, -0.1) is 0 Å². The predicted octanol–water partition coefficient (Wildman–Crippen LogP) is 0.330. The van der Waals surface area contributed by atoms with Crippen LogP contribution in [0.25, 0.3) is 0 Å². The van der Waals surface area contributed by atoms with E-state index in [9.17, 15) is 0 Å². The van der Waals surface area contributed by atoms with Crippen molar-refractivity contribution in [3.8, 4) is 0 Å². The van der Waals surface area contributed by atoms with Crippen molar-refractivity contribution in [2.75, 3.05) is 0 Å². The number of rotatable bonds is 1. The van der Waals surface area contributed by atoms with Crippen LogP contribution in [0.15, 0.2) is 12.3 Å². The highest BCUT2D eigenvalue weighted by molar-refractivity contribution is 4.99. The van der Waals surface area contributed by atoms with Gasteiger partial charge in [-0.2, -0.15) is 0 Å². The average molecular weight is 123 g/mol. The number of aliphatic hydroxyl groups excluding tert-OH is 1. The van der Waals surface area contributed by atoms with Gasteiger partial charge in [0.25, 0.3) is 0 Å². The van der Waals surface area contributed by atoms with E-state index in [0.717, 1.165) is 0 Å². The van der Waals surface area contributed by atoms with Crippen LogP contribution >= 0.6 is 0 Å². The second-order valence-electron chi connectivity index (χ2n) is 1.76. The molecule has 0 bridgehead atoms. The summed E-state index contributed by atoms with van der Waals surface area (Å²) in [7, 11) is 0. The van der Waals surface area contributed by atoms with Gasteiger partial charge in [0.15, 0.2) is 6.33 Å². The van der Waals surface area contributed by atoms with Gasteiger partial charge in [-0.05, 0) is 13.0 Å². The third-order valence-electron chi connectivity index (χ3n) is 0.985. The monoisotopic (exact) mass is 123 g/mol. The topological polar surface area (TPSA) is 46.0 Å². The minimum atomic E-state index is -0.524. The molecule has 0 aromatic carbocycles. The van der Waals surface area contributed by atoms with E-state index in [2.05, 4.69) is 16.3 Å². The summed E-state index contributed by atoms with van der Waals surface area (Å²) in [6, 6.07) is 1.65. The molecule has 1 rings (SSSR count). The molecule has 0 spiro atoms. The Hall–Kier alpha value is -0.960. The molecule has 0 saturated heterocycles. The Morgan fingerprint density at radius 2 is 2.56 bits per heavy atom. The molecule has 47 valence electrons. The lowest BCUT2D eigenvalue weighted by molar-refractivity contribution is 0.194. The highest BCUT2D eigenvalue weighted by Gasteiger charge is 1.98. The summed E-state index contributed by atoms with van der Waals surface area (Å²) in [5.74, 6) is 0. The molecule has 0 amide bonds. The van der Waals surface area contributed by atoms with E-state index in [-0.39, 0.29) is 0 Å². The van der Waals surface area contributed by atoms with Gasteiger partial charge in [0.05, 0.1) is 11.8 Å². The highest BCUT2D eigenvalue weighted by Crippen LogP contribution is 2.03. The molecule has 1 atom stereocenters. The molecule has 3 nitrogen and oxygen atoms in total. The molecule has 1 heterocycles. The minimum absolute atomic E-state index is 0.524. The van der Waals surface area contributed by atoms with Crippen molar-refractivity contribution in [1.29, 1.82) is 0 Å². The predicted molar refractivity (Wildman–Crippen MR) is 31.5 cm³/mol. The van der Waals surface area contributed by atoms with Crippen molar-refractivity contribution in [2.24, 2.45) is 0 Å². The van der Waals surface area contributed by atoms with E-state index in [4.69, 9.17) is 5.11 Å². The summed E-state index contributed by atoms with van der Waals surface area (Å²) in [5.41, 5.74) is 0.602. The molecular formula is C6H7N2O. The fraction of sp³-hybridized carbons (Fsp3) is 0.333. The first kappa shape index (κ1) is 6.16. The quantitative estimate of drug-likeness (QED) is 0.585. The molecule has 0 fully saturated rings. The molecule has 1 aromatic rings. The Morgan fingerprint density at radius 3 is 2.89 bits per heavy atom. The second kappa shape index (κ2) is 2.55. The van der Waals surface area contributed by atoms with Crippen LogP contribution in [0.2, 0.25) is 0 Å². The lowest BCUT2D eigenvalue weighted by atomic mass is 10.3. The van der Waals surface area contributed by atoms with E-state index in [1.54, 1.807) is 19.2 Å². The van der Waals surface area contributed by atoms with Crippen molar-refractivity contribution in [3.63, 3.8) is 0 Å². The van der Waals surface area contributed by atoms with Gasteiger partial charge >= 0.3 is 0 Å². The SMILES string of the molecule is CC(O)c1ccn[c]n1. The van der Waals surface area contributed by atoms with Crippen LogP contribution < -0.4 is 0 Å². The van der Waals surface area contributed by atoms with Gasteiger partial charge in [0.2, 0.25) is 0 Å². The van der Waals surface area contributed by atoms with Crippen LogP contribution in [0.5, 0.6) is 0 Å². The van der Waals surface area contributed by atoms with E-state index in [1.165, 1.54) is 0 Å². The van der Waals surface area contributed by atoms with E-state index < -0.39 is 6.10 Å². The first-order valence-electron chi connectivity index (χ1n) is 2.68. The Balaban J connectivity index is 2.85. The lowest BCUT2D eigenvalue weighted by Gasteiger charge is -1.98.